The lowest BCUT2D eigenvalue weighted by Crippen LogP contribution is -2.46. The van der Waals surface area contributed by atoms with Gasteiger partial charge >= 0.3 is 0 Å². The summed E-state index contributed by atoms with van der Waals surface area (Å²) < 4.78 is 6.58. The van der Waals surface area contributed by atoms with Crippen LogP contribution in [0.15, 0.2) is 46.9 Å². The number of halogens is 1. The third-order valence-corrected chi connectivity index (χ3v) is 6.43. The van der Waals surface area contributed by atoms with Crippen LogP contribution in [0.25, 0.3) is 0 Å². The van der Waals surface area contributed by atoms with E-state index in [1.165, 1.54) is 11.1 Å². The molecule has 2 aromatic carbocycles. The summed E-state index contributed by atoms with van der Waals surface area (Å²) in [5.74, 6) is 1.32. The van der Waals surface area contributed by atoms with Crippen molar-refractivity contribution < 1.29 is 9.53 Å². The molecule has 5 heteroatoms. The second-order valence-corrected chi connectivity index (χ2v) is 8.72. The maximum Gasteiger partial charge on any atom is 0.227 e. The molecular formula is C23H27BrN2O2. The Morgan fingerprint density at radius 1 is 1.18 bits per heavy atom. The number of likely N-dealkylation sites (tertiary alicyclic amines) is 1. The monoisotopic (exact) mass is 442 g/mol. The quantitative estimate of drug-likeness (QED) is 0.708. The first-order chi connectivity index (χ1) is 13.6. The van der Waals surface area contributed by atoms with Crippen LogP contribution in [0.1, 0.15) is 29.5 Å². The Labute approximate surface area is 175 Å². The van der Waals surface area contributed by atoms with Gasteiger partial charge in [0.1, 0.15) is 5.75 Å². The summed E-state index contributed by atoms with van der Waals surface area (Å²) in [5, 5.41) is 0. The summed E-state index contributed by atoms with van der Waals surface area (Å²) >= 11 is 3.56. The largest absolute Gasteiger partial charge is 0.496 e. The number of hydrogen-bond acceptors (Lipinski definition) is 3. The van der Waals surface area contributed by atoms with Gasteiger partial charge in [-0.25, -0.2) is 0 Å². The predicted octanol–water partition coefficient (Wildman–Crippen LogP) is 4.25. The van der Waals surface area contributed by atoms with Crippen LogP contribution < -0.4 is 4.74 Å². The topological polar surface area (TPSA) is 32.8 Å². The first-order valence-electron chi connectivity index (χ1n) is 10.0. The number of ether oxygens (including phenoxy) is 1. The molecule has 28 heavy (non-hydrogen) atoms. The summed E-state index contributed by atoms with van der Waals surface area (Å²) in [6.45, 7) is 4.26. The molecule has 0 spiro atoms. The maximum atomic E-state index is 13.2. The number of benzene rings is 2. The second-order valence-electron chi connectivity index (χ2n) is 7.81. The van der Waals surface area contributed by atoms with Crippen molar-refractivity contribution in [3.05, 3.63) is 63.6 Å². The molecule has 0 aromatic heterocycles. The van der Waals surface area contributed by atoms with Crippen LogP contribution in [0, 0.1) is 5.92 Å². The van der Waals surface area contributed by atoms with Gasteiger partial charge in [0.05, 0.1) is 13.0 Å². The second kappa shape index (κ2) is 8.66. The highest BCUT2D eigenvalue weighted by molar-refractivity contribution is 9.10. The van der Waals surface area contributed by atoms with Crippen molar-refractivity contribution in [2.24, 2.45) is 5.92 Å². The zero-order chi connectivity index (χ0) is 19.5. The lowest BCUT2D eigenvalue weighted by atomic mass is 9.93. The molecule has 1 fully saturated rings. The highest BCUT2D eigenvalue weighted by atomic mass is 79.9. The molecule has 0 N–H and O–H groups in total. The molecule has 0 radical (unpaired) electrons. The zero-order valence-electron chi connectivity index (χ0n) is 16.4. The van der Waals surface area contributed by atoms with E-state index in [1.54, 1.807) is 7.11 Å². The first kappa shape index (κ1) is 19.5. The number of nitrogens with zero attached hydrogens (tertiary/aromatic N) is 2. The summed E-state index contributed by atoms with van der Waals surface area (Å²) in [5.41, 5.74) is 3.85. The molecule has 2 heterocycles. The van der Waals surface area contributed by atoms with E-state index in [1.807, 2.05) is 12.1 Å². The molecule has 0 unspecified atom stereocenters. The third kappa shape index (κ3) is 4.26. The smallest absolute Gasteiger partial charge is 0.227 e. The average Bonchev–Trinajstić information content (AvgIpc) is 2.73. The van der Waals surface area contributed by atoms with Crippen LogP contribution in [-0.2, 0) is 24.3 Å². The predicted molar refractivity (Wildman–Crippen MR) is 114 cm³/mol. The fraction of sp³-hybridized carbons (Fsp3) is 0.435. The number of amides is 1. The van der Waals surface area contributed by atoms with Crippen molar-refractivity contribution in [3.8, 4) is 5.75 Å². The summed E-state index contributed by atoms with van der Waals surface area (Å²) in [4.78, 5) is 17.7. The number of piperidine rings is 1. The van der Waals surface area contributed by atoms with Crippen molar-refractivity contribution in [2.75, 3.05) is 26.7 Å². The van der Waals surface area contributed by atoms with Gasteiger partial charge < -0.3 is 9.64 Å². The summed E-state index contributed by atoms with van der Waals surface area (Å²) in [7, 11) is 1.71. The molecule has 1 saturated heterocycles. The van der Waals surface area contributed by atoms with Crippen molar-refractivity contribution in [1.82, 2.24) is 9.80 Å². The molecule has 2 aromatic rings. The molecule has 148 valence electrons. The van der Waals surface area contributed by atoms with Crippen molar-refractivity contribution in [2.45, 2.75) is 32.4 Å². The van der Waals surface area contributed by atoms with E-state index in [9.17, 15) is 4.79 Å². The number of carbonyl (C=O) groups is 1. The van der Waals surface area contributed by atoms with Crippen molar-refractivity contribution in [1.29, 1.82) is 0 Å². The zero-order valence-corrected chi connectivity index (χ0v) is 18.0. The van der Waals surface area contributed by atoms with E-state index in [4.69, 9.17) is 4.74 Å². The van der Waals surface area contributed by atoms with Crippen LogP contribution in [0.2, 0.25) is 0 Å². The molecule has 0 aliphatic carbocycles. The fourth-order valence-electron chi connectivity index (χ4n) is 4.45. The Bertz CT molecular complexity index is 854. The Hall–Kier alpha value is -1.85. The first-order valence-corrected chi connectivity index (χ1v) is 10.8. The number of hydrogen-bond donors (Lipinski definition) is 0. The number of rotatable bonds is 4. The highest BCUT2D eigenvalue weighted by Gasteiger charge is 2.31. The summed E-state index contributed by atoms with van der Waals surface area (Å²) in [6, 6.07) is 14.6. The average molecular weight is 443 g/mol. The molecule has 0 saturated carbocycles. The van der Waals surface area contributed by atoms with Gasteiger partial charge in [0.25, 0.3) is 0 Å². The van der Waals surface area contributed by atoms with Gasteiger partial charge in [-0.15, -0.1) is 0 Å². The molecule has 2 aliphatic heterocycles. The van der Waals surface area contributed by atoms with E-state index in [0.29, 0.717) is 5.91 Å². The van der Waals surface area contributed by atoms with Gasteiger partial charge in [-0.2, -0.15) is 0 Å². The van der Waals surface area contributed by atoms with Crippen molar-refractivity contribution in [3.63, 3.8) is 0 Å². The molecule has 2 aliphatic rings. The number of carbonyl (C=O) groups excluding carboxylic acids is 1. The SMILES string of the molecule is COc1ccc(Br)cc1CN1CCC[C@@H](C(=O)N2CCc3ccccc3C2)C1. The molecule has 4 nitrogen and oxygen atoms in total. The van der Waals surface area contributed by atoms with E-state index >= 15 is 0 Å². The van der Waals surface area contributed by atoms with E-state index in [2.05, 4.69) is 56.1 Å². The minimum atomic E-state index is 0.0946. The molecule has 4 rings (SSSR count). The van der Waals surface area contributed by atoms with E-state index in [-0.39, 0.29) is 5.92 Å². The Balaban J connectivity index is 1.41. The molecule has 1 amide bonds. The van der Waals surface area contributed by atoms with Crippen LogP contribution >= 0.6 is 15.9 Å². The standard InChI is InChI=1S/C23H27BrN2O2/c1-28-22-9-8-21(24)13-20(22)15-25-11-4-7-19(14-25)23(27)26-12-10-17-5-2-3-6-18(17)16-26/h2-3,5-6,8-9,13,19H,4,7,10-12,14-16H2,1H3/t19-/m1/s1. The van der Waals surface area contributed by atoms with Crippen LogP contribution in [0.4, 0.5) is 0 Å². The number of fused-ring (bicyclic) bond motifs is 1. The van der Waals surface area contributed by atoms with Gasteiger partial charge in [0.2, 0.25) is 5.91 Å². The Kier molecular flexibility index (Phi) is 6.02. The minimum absolute atomic E-state index is 0.0946. The lowest BCUT2D eigenvalue weighted by molar-refractivity contribution is -0.138. The van der Waals surface area contributed by atoms with Gasteiger partial charge in [0.15, 0.2) is 0 Å². The van der Waals surface area contributed by atoms with Crippen LogP contribution in [0.3, 0.4) is 0 Å². The molecule has 1 atom stereocenters. The normalized spacial score (nSPS) is 19.9. The van der Waals surface area contributed by atoms with Gasteiger partial charge in [-0.3, -0.25) is 9.69 Å². The van der Waals surface area contributed by atoms with Gasteiger partial charge in [-0.05, 0) is 55.1 Å². The fourth-order valence-corrected chi connectivity index (χ4v) is 4.86. The Morgan fingerprint density at radius 2 is 2.00 bits per heavy atom. The number of methoxy groups -OCH3 is 1. The van der Waals surface area contributed by atoms with Crippen LogP contribution in [-0.4, -0.2) is 42.5 Å². The van der Waals surface area contributed by atoms with Gasteiger partial charge in [0, 0.05) is 36.2 Å². The van der Waals surface area contributed by atoms with Gasteiger partial charge in [-0.1, -0.05) is 40.2 Å². The minimum Gasteiger partial charge on any atom is -0.496 e. The Morgan fingerprint density at radius 3 is 2.82 bits per heavy atom. The molecular weight excluding hydrogens is 416 g/mol. The third-order valence-electron chi connectivity index (χ3n) is 5.93. The highest BCUT2D eigenvalue weighted by Crippen LogP contribution is 2.28. The molecule has 0 bridgehead atoms. The summed E-state index contributed by atoms with van der Waals surface area (Å²) in [6.07, 6.45) is 3.02. The van der Waals surface area contributed by atoms with Crippen molar-refractivity contribution >= 4 is 21.8 Å². The lowest BCUT2D eigenvalue weighted by Gasteiger charge is -2.37. The van der Waals surface area contributed by atoms with E-state index < -0.39 is 0 Å². The van der Waals surface area contributed by atoms with E-state index in [0.717, 1.165) is 67.8 Å². The maximum absolute atomic E-state index is 13.2. The van der Waals surface area contributed by atoms with Crippen LogP contribution in [0.5, 0.6) is 5.75 Å².